The maximum atomic E-state index is 10.9. The summed E-state index contributed by atoms with van der Waals surface area (Å²) in [6, 6.07) is 14.4. The molecule has 0 amide bonds. The molecule has 144 valence electrons. The second kappa shape index (κ2) is 7.52. The number of benzene rings is 2. The zero-order chi connectivity index (χ0) is 21.2. The molecule has 0 saturated carbocycles. The summed E-state index contributed by atoms with van der Waals surface area (Å²) in [7, 11) is 0. The second-order valence-electron chi connectivity index (χ2n) is 7.06. The van der Waals surface area contributed by atoms with Crippen LogP contribution in [-0.2, 0) is 0 Å². The number of nitrogens with two attached hydrogens (primary N) is 1. The minimum atomic E-state index is -1.13. The number of aliphatic hydroxyl groups is 1. The lowest BCUT2D eigenvalue weighted by atomic mass is 9.85. The predicted molar refractivity (Wildman–Crippen MR) is 105 cm³/mol. The van der Waals surface area contributed by atoms with E-state index in [9.17, 15) is 15.6 Å². The van der Waals surface area contributed by atoms with Crippen LogP contribution in [0.2, 0.25) is 0 Å². The van der Waals surface area contributed by atoms with Crippen LogP contribution >= 0.6 is 0 Å². The number of guanidine groups is 1. The Hall–Kier alpha value is -4.06. The lowest BCUT2D eigenvalue weighted by molar-refractivity contribution is -0.0751. The average Bonchev–Trinajstić information content (AvgIpc) is 2.71. The van der Waals surface area contributed by atoms with Crippen LogP contribution < -0.4 is 10.5 Å². The molecule has 0 fully saturated rings. The minimum Gasteiger partial charge on any atom is -0.485 e. The fourth-order valence-electron chi connectivity index (χ4n) is 3.17. The Kier molecular flexibility index (Phi) is 5.10. The van der Waals surface area contributed by atoms with E-state index in [1.54, 1.807) is 56.3 Å². The zero-order valence-corrected chi connectivity index (χ0v) is 15.9. The highest BCUT2D eigenvalue weighted by atomic mass is 16.5. The Labute approximate surface area is 168 Å². The maximum Gasteiger partial charge on any atom is 0.210 e. The fourth-order valence-corrected chi connectivity index (χ4v) is 3.17. The van der Waals surface area contributed by atoms with Crippen molar-refractivity contribution in [1.29, 1.82) is 15.8 Å². The molecule has 0 saturated heterocycles. The van der Waals surface area contributed by atoms with Crippen molar-refractivity contribution in [1.82, 2.24) is 4.90 Å². The third-order valence-corrected chi connectivity index (χ3v) is 4.71. The molecule has 2 atom stereocenters. The van der Waals surface area contributed by atoms with Crippen LogP contribution in [0.15, 0.2) is 47.5 Å². The topological polar surface area (TPSA) is 142 Å². The van der Waals surface area contributed by atoms with Crippen LogP contribution in [0.3, 0.4) is 0 Å². The Morgan fingerprint density at radius 3 is 2.31 bits per heavy atom. The molecule has 0 radical (unpaired) electrons. The summed E-state index contributed by atoms with van der Waals surface area (Å²) in [5, 5.41) is 38.9. The SMILES string of the molecule is CC1(C)Oc2ccc(C#N)cc2C(N(C#N)C(N)=Nc2ccc(C#N)cc2)C1O. The summed E-state index contributed by atoms with van der Waals surface area (Å²) >= 11 is 0. The molecule has 0 aliphatic carbocycles. The Bertz CT molecular complexity index is 1090. The van der Waals surface area contributed by atoms with E-state index >= 15 is 0 Å². The number of fused-ring (bicyclic) bond motifs is 1. The van der Waals surface area contributed by atoms with Gasteiger partial charge in [-0.1, -0.05) is 0 Å². The van der Waals surface area contributed by atoms with E-state index in [2.05, 4.69) is 4.99 Å². The van der Waals surface area contributed by atoms with Gasteiger partial charge in [-0.05, 0) is 56.3 Å². The molecule has 29 heavy (non-hydrogen) atoms. The highest BCUT2D eigenvalue weighted by Crippen LogP contribution is 2.43. The van der Waals surface area contributed by atoms with Crippen LogP contribution in [0.4, 0.5) is 5.69 Å². The zero-order valence-electron chi connectivity index (χ0n) is 15.9. The third-order valence-electron chi connectivity index (χ3n) is 4.71. The molecule has 3 rings (SSSR count). The van der Waals surface area contributed by atoms with E-state index in [1.807, 2.05) is 18.3 Å². The fraction of sp³-hybridized carbons (Fsp3) is 0.238. The summed E-state index contributed by atoms with van der Waals surface area (Å²) in [5.74, 6) is 0.322. The van der Waals surface area contributed by atoms with Crippen LogP contribution in [0.1, 0.15) is 36.6 Å². The normalized spacial score (nSPS) is 19.7. The van der Waals surface area contributed by atoms with E-state index < -0.39 is 17.7 Å². The van der Waals surface area contributed by atoms with Crippen molar-refractivity contribution < 1.29 is 9.84 Å². The van der Waals surface area contributed by atoms with E-state index in [0.29, 0.717) is 28.1 Å². The lowest BCUT2D eigenvalue weighted by Gasteiger charge is -2.44. The van der Waals surface area contributed by atoms with Crippen LogP contribution in [0.25, 0.3) is 0 Å². The molecular formula is C21H18N6O2. The van der Waals surface area contributed by atoms with Gasteiger partial charge in [0.1, 0.15) is 23.5 Å². The lowest BCUT2D eigenvalue weighted by Crippen LogP contribution is -2.54. The first-order chi connectivity index (χ1) is 13.8. The summed E-state index contributed by atoms with van der Waals surface area (Å²) in [5.41, 5.74) is 6.86. The van der Waals surface area contributed by atoms with Gasteiger partial charge in [0.05, 0.1) is 29.0 Å². The molecule has 8 nitrogen and oxygen atoms in total. The molecule has 8 heteroatoms. The minimum absolute atomic E-state index is 0.132. The number of aliphatic hydroxyl groups excluding tert-OH is 1. The van der Waals surface area contributed by atoms with Crippen LogP contribution in [0, 0.1) is 34.1 Å². The van der Waals surface area contributed by atoms with Gasteiger partial charge in [-0.2, -0.15) is 15.8 Å². The van der Waals surface area contributed by atoms with Crippen molar-refractivity contribution in [2.24, 2.45) is 10.7 Å². The van der Waals surface area contributed by atoms with Gasteiger partial charge in [0, 0.05) is 5.56 Å². The molecule has 2 aromatic carbocycles. The molecule has 0 spiro atoms. The van der Waals surface area contributed by atoms with E-state index in [-0.39, 0.29) is 5.96 Å². The number of ether oxygens (including phenoxy) is 1. The van der Waals surface area contributed by atoms with Crippen molar-refractivity contribution in [2.45, 2.75) is 31.6 Å². The number of rotatable bonds is 2. The van der Waals surface area contributed by atoms with Gasteiger partial charge in [-0.25, -0.2) is 9.89 Å². The van der Waals surface area contributed by atoms with Gasteiger partial charge in [0.15, 0.2) is 6.19 Å². The van der Waals surface area contributed by atoms with E-state index in [1.165, 1.54) is 0 Å². The van der Waals surface area contributed by atoms with Gasteiger partial charge >= 0.3 is 0 Å². The first kappa shape index (κ1) is 19.7. The van der Waals surface area contributed by atoms with Crippen LogP contribution in [0.5, 0.6) is 5.75 Å². The highest BCUT2D eigenvalue weighted by Gasteiger charge is 2.46. The summed E-state index contributed by atoms with van der Waals surface area (Å²) < 4.78 is 5.87. The summed E-state index contributed by atoms with van der Waals surface area (Å²) in [4.78, 5) is 5.35. The largest absolute Gasteiger partial charge is 0.485 e. The Morgan fingerprint density at radius 1 is 1.10 bits per heavy atom. The summed E-state index contributed by atoms with van der Waals surface area (Å²) in [6.07, 6.45) is 0.861. The van der Waals surface area contributed by atoms with Gasteiger partial charge in [-0.3, -0.25) is 0 Å². The quantitative estimate of drug-likeness (QED) is 0.349. The predicted octanol–water partition coefficient (Wildman–Crippen LogP) is 2.43. The number of hydrogen-bond acceptors (Lipinski definition) is 6. The summed E-state index contributed by atoms with van der Waals surface area (Å²) in [6.45, 7) is 3.41. The first-order valence-electron chi connectivity index (χ1n) is 8.75. The number of hydrogen-bond donors (Lipinski definition) is 2. The van der Waals surface area contributed by atoms with E-state index in [0.717, 1.165) is 4.90 Å². The molecule has 2 aromatic rings. The van der Waals surface area contributed by atoms with Crippen molar-refractivity contribution >= 4 is 11.6 Å². The maximum absolute atomic E-state index is 10.9. The highest BCUT2D eigenvalue weighted by molar-refractivity contribution is 5.83. The molecular weight excluding hydrogens is 368 g/mol. The van der Waals surface area contributed by atoms with Crippen LogP contribution in [-0.4, -0.2) is 27.7 Å². The molecule has 0 bridgehead atoms. The molecule has 0 aromatic heterocycles. The monoisotopic (exact) mass is 386 g/mol. The van der Waals surface area contributed by atoms with Crippen molar-refractivity contribution in [3.8, 4) is 24.1 Å². The molecule has 1 heterocycles. The van der Waals surface area contributed by atoms with E-state index in [4.69, 9.17) is 15.7 Å². The smallest absolute Gasteiger partial charge is 0.210 e. The first-order valence-corrected chi connectivity index (χ1v) is 8.75. The van der Waals surface area contributed by atoms with Crippen molar-refractivity contribution in [2.75, 3.05) is 0 Å². The van der Waals surface area contributed by atoms with Gasteiger partial charge in [0.2, 0.25) is 5.96 Å². The number of nitrogens with zero attached hydrogens (tertiary/aromatic N) is 5. The third kappa shape index (κ3) is 3.68. The Morgan fingerprint density at radius 2 is 1.72 bits per heavy atom. The molecule has 1 aliphatic rings. The van der Waals surface area contributed by atoms with Gasteiger partial charge in [-0.15, -0.1) is 0 Å². The Balaban J connectivity index is 2.07. The molecule has 3 N–H and O–H groups in total. The van der Waals surface area contributed by atoms with Gasteiger partial charge in [0.25, 0.3) is 0 Å². The standard InChI is InChI=1S/C21H18N6O2/c1-21(2)19(28)18(16-9-14(11-23)5-8-17(16)29-21)27(12-24)20(25)26-15-6-3-13(10-22)4-7-15/h3-9,18-19,28H,1-2H3,(H2,25,26). The number of aliphatic imine (C=N–C) groups is 1. The molecule has 2 unspecified atom stereocenters. The number of nitriles is 3. The van der Waals surface area contributed by atoms with Gasteiger partial charge < -0.3 is 15.6 Å². The average molecular weight is 386 g/mol. The van der Waals surface area contributed by atoms with Crippen molar-refractivity contribution in [3.63, 3.8) is 0 Å². The second-order valence-corrected chi connectivity index (χ2v) is 7.06. The molecule has 1 aliphatic heterocycles. The van der Waals surface area contributed by atoms with Crippen molar-refractivity contribution in [3.05, 3.63) is 59.2 Å².